The Balaban J connectivity index is 1.59. The van der Waals surface area contributed by atoms with Gasteiger partial charge in [-0.15, -0.1) is 21.5 Å². The zero-order valence-electron chi connectivity index (χ0n) is 15.6. The Morgan fingerprint density at radius 2 is 2.08 bits per heavy atom. The molecule has 0 fully saturated rings. The number of hydrogen-bond acceptors (Lipinski definition) is 6. The van der Waals surface area contributed by atoms with Gasteiger partial charge in [0.1, 0.15) is 11.4 Å². The highest BCUT2D eigenvalue weighted by molar-refractivity contribution is 7.09. The third kappa shape index (κ3) is 3.01. The summed E-state index contributed by atoms with van der Waals surface area (Å²) in [7, 11) is 1.73. The van der Waals surface area contributed by atoms with Crippen LogP contribution in [-0.4, -0.2) is 38.3 Å². The largest absolute Gasteiger partial charge is 0.496 e. The normalized spacial score (nSPS) is 17.3. The van der Waals surface area contributed by atoms with E-state index in [2.05, 4.69) is 62.1 Å². The average Bonchev–Trinajstić information content (AvgIpc) is 3.25. The first-order chi connectivity index (χ1) is 12.6. The van der Waals surface area contributed by atoms with E-state index in [1.54, 1.807) is 18.4 Å². The Morgan fingerprint density at radius 3 is 2.81 bits per heavy atom. The standard InChI is InChI=1S/C19H23N5OS/c1-12-5-6-15(17(9-12)25-4)10-23-7-8-24-18(13(23)2)21-22-19(24)16-11-26-14(3)20-16/h5-6,9,11,13H,7-8,10H2,1-4H3. The van der Waals surface area contributed by atoms with Gasteiger partial charge in [-0.05, 0) is 32.4 Å². The highest BCUT2D eigenvalue weighted by Gasteiger charge is 2.29. The Labute approximate surface area is 157 Å². The van der Waals surface area contributed by atoms with Crippen LogP contribution in [0.25, 0.3) is 11.5 Å². The molecule has 3 aromatic rings. The predicted molar refractivity (Wildman–Crippen MR) is 102 cm³/mol. The maximum Gasteiger partial charge on any atom is 0.183 e. The van der Waals surface area contributed by atoms with Crippen molar-refractivity contribution in [1.29, 1.82) is 0 Å². The van der Waals surface area contributed by atoms with E-state index in [-0.39, 0.29) is 6.04 Å². The Bertz CT molecular complexity index is 932. The van der Waals surface area contributed by atoms with Crippen molar-refractivity contribution in [1.82, 2.24) is 24.6 Å². The first-order valence-corrected chi connectivity index (χ1v) is 9.68. The molecule has 2 aromatic heterocycles. The van der Waals surface area contributed by atoms with Crippen molar-refractivity contribution >= 4 is 11.3 Å². The van der Waals surface area contributed by atoms with Gasteiger partial charge in [0, 0.05) is 30.6 Å². The summed E-state index contributed by atoms with van der Waals surface area (Å²) >= 11 is 1.65. The number of ether oxygens (including phenoxy) is 1. The van der Waals surface area contributed by atoms with E-state index in [1.165, 1.54) is 11.1 Å². The fourth-order valence-electron chi connectivity index (χ4n) is 3.50. The highest BCUT2D eigenvalue weighted by Crippen LogP contribution is 2.31. The first-order valence-electron chi connectivity index (χ1n) is 8.80. The van der Waals surface area contributed by atoms with Gasteiger partial charge in [0.2, 0.25) is 0 Å². The van der Waals surface area contributed by atoms with Crippen LogP contribution in [-0.2, 0) is 13.1 Å². The minimum Gasteiger partial charge on any atom is -0.496 e. The van der Waals surface area contributed by atoms with E-state index in [4.69, 9.17) is 4.74 Å². The van der Waals surface area contributed by atoms with Crippen molar-refractivity contribution in [3.8, 4) is 17.3 Å². The maximum absolute atomic E-state index is 5.57. The van der Waals surface area contributed by atoms with Crippen LogP contribution in [0, 0.1) is 13.8 Å². The quantitative estimate of drug-likeness (QED) is 0.703. The number of hydrogen-bond donors (Lipinski definition) is 0. The van der Waals surface area contributed by atoms with Gasteiger partial charge in [-0.1, -0.05) is 12.1 Å². The summed E-state index contributed by atoms with van der Waals surface area (Å²) < 4.78 is 7.78. The van der Waals surface area contributed by atoms with Crippen molar-refractivity contribution in [2.75, 3.05) is 13.7 Å². The molecule has 0 aliphatic carbocycles. The Kier molecular flexibility index (Phi) is 4.50. The molecule has 6 nitrogen and oxygen atoms in total. The van der Waals surface area contributed by atoms with Crippen LogP contribution >= 0.6 is 11.3 Å². The van der Waals surface area contributed by atoms with E-state index in [1.807, 2.05) is 6.92 Å². The second-order valence-electron chi connectivity index (χ2n) is 6.75. The molecule has 0 N–H and O–H groups in total. The number of aromatic nitrogens is 4. The molecule has 0 radical (unpaired) electrons. The van der Waals surface area contributed by atoms with E-state index in [0.29, 0.717) is 0 Å². The smallest absolute Gasteiger partial charge is 0.183 e. The number of aryl methyl sites for hydroxylation is 2. The van der Waals surface area contributed by atoms with Crippen LogP contribution in [0.4, 0.5) is 0 Å². The monoisotopic (exact) mass is 369 g/mol. The lowest BCUT2D eigenvalue weighted by atomic mass is 10.1. The minimum atomic E-state index is 0.191. The lowest BCUT2D eigenvalue weighted by Crippen LogP contribution is -2.36. The Morgan fingerprint density at radius 1 is 1.23 bits per heavy atom. The lowest BCUT2D eigenvalue weighted by molar-refractivity contribution is 0.155. The molecule has 7 heteroatoms. The van der Waals surface area contributed by atoms with Gasteiger partial charge in [0.25, 0.3) is 0 Å². The second kappa shape index (κ2) is 6.81. The van der Waals surface area contributed by atoms with Crippen molar-refractivity contribution < 1.29 is 4.74 Å². The molecule has 1 aliphatic heterocycles. The van der Waals surface area contributed by atoms with Gasteiger partial charge in [0.05, 0.1) is 18.2 Å². The van der Waals surface area contributed by atoms with Crippen LogP contribution in [0.5, 0.6) is 5.75 Å². The van der Waals surface area contributed by atoms with Crippen LogP contribution < -0.4 is 4.74 Å². The molecule has 0 amide bonds. The third-order valence-electron chi connectivity index (χ3n) is 4.98. The van der Waals surface area contributed by atoms with E-state index in [0.717, 1.165) is 47.7 Å². The lowest BCUT2D eigenvalue weighted by Gasteiger charge is -2.34. The molecule has 3 heterocycles. The van der Waals surface area contributed by atoms with Crippen molar-refractivity contribution in [2.45, 2.75) is 39.9 Å². The molecule has 0 saturated heterocycles. The molecular formula is C19H23N5OS. The molecular weight excluding hydrogens is 346 g/mol. The maximum atomic E-state index is 5.57. The number of fused-ring (bicyclic) bond motifs is 1. The van der Waals surface area contributed by atoms with Crippen LogP contribution in [0.15, 0.2) is 23.6 Å². The second-order valence-corrected chi connectivity index (χ2v) is 7.81. The zero-order chi connectivity index (χ0) is 18.3. The van der Waals surface area contributed by atoms with Gasteiger partial charge in [0.15, 0.2) is 11.6 Å². The molecule has 0 saturated carbocycles. The van der Waals surface area contributed by atoms with Crippen LogP contribution in [0.3, 0.4) is 0 Å². The first kappa shape index (κ1) is 17.2. The number of benzene rings is 1. The summed E-state index contributed by atoms with van der Waals surface area (Å²) in [4.78, 5) is 6.99. The molecule has 136 valence electrons. The summed E-state index contributed by atoms with van der Waals surface area (Å²) in [6, 6.07) is 6.58. The molecule has 1 aromatic carbocycles. The van der Waals surface area contributed by atoms with E-state index in [9.17, 15) is 0 Å². The van der Waals surface area contributed by atoms with Crippen LogP contribution in [0.1, 0.15) is 34.9 Å². The zero-order valence-corrected chi connectivity index (χ0v) is 16.4. The molecule has 4 rings (SSSR count). The summed E-state index contributed by atoms with van der Waals surface area (Å²) in [6.07, 6.45) is 0. The minimum absolute atomic E-state index is 0.191. The fourth-order valence-corrected chi connectivity index (χ4v) is 4.09. The van der Waals surface area contributed by atoms with Gasteiger partial charge in [-0.25, -0.2) is 4.98 Å². The van der Waals surface area contributed by atoms with E-state index < -0.39 is 0 Å². The number of rotatable bonds is 4. The number of nitrogens with zero attached hydrogens (tertiary/aromatic N) is 5. The molecule has 0 spiro atoms. The van der Waals surface area contributed by atoms with Crippen molar-refractivity contribution in [2.24, 2.45) is 0 Å². The molecule has 1 aliphatic rings. The average molecular weight is 369 g/mol. The molecule has 1 unspecified atom stereocenters. The van der Waals surface area contributed by atoms with Gasteiger partial charge < -0.3 is 9.30 Å². The molecule has 1 atom stereocenters. The van der Waals surface area contributed by atoms with Crippen molar-refractivity contribution in [3.05, 3.63) is 45.5 Å². The fraction of sp³-hybridized carbons (Fsp3) is 0.421. The topological polar surface area (TPSA) is 56.1 Å². The third-order valence-corrected chi connectivity index (χ3v) is 5.75. The van der Waals surface area contributed by atoms with Gasteiger partial charge in [-0.3, -0.25) is 4.90 Å². The summed E-state index contributed by atoms with van der Waals surface area (Å²) in [5.74, 6) is 2.83. The van der Waals surface area contributed by atoms with Crippen molar-refractivity contribution in [3.63, 3.8) is 0 Å². The summed E-state index contributed by atoms with van der Waals surface area (Å²) in [5.41, 5.74) is 3.33. The number of thiazole rings is 1. The summed E-state index contributed by atoms with van der Waals surface area (Å²) in [5, 5.41) is 12.0. The predicted octanol–water partition coefficient (Wildman–Crippen LogP) is 3.60. The van der Waals surface area contributed by atoms with Crippen LogP contribution in [0.2, 0.25) is 0 Å². The summed E-state index contributed by atoms with van der Waals surface area (Å²) in [6.45, 7) is 8.94. The Hall–Kier alpha value is -2.25. The highest BCUT2D eigenvalue weighted by atomic mass is 32.1. The SMILES string of the molecule is COc1cc(C)ccc1CN1CCn2c(-c3csc(C)n3)nnc2C1C. The molecule has 0 bridgehead atoms. The van der Waals surface area contributed by atoms with Gasteiger partial charge in [-0.2, -0.15) is 0 Å². The molecule has 26 heavy (non-hydrogen) atoms. The van der Waals surface area contributed by atoms with E-state index >= 15 is 0 Å². The van der Waals surface area contributed by atoms with Gasteiger partial charge >= 0.3 is 0 Å². The number of methoxy groups -OCH3 is 1.